The van der Waals surface area contributed by atoms with Crippen molar-refractivity contribution < 1.29 is 36.8 Å². The summed E-state index contributed by atoms with van der Waals surface area (Å²) in [5, 5.41) is 2.32. The lowest BCUT2D eigenvalue weighted by molar-refractivity contribution is 0.133. The van der Waals surface area contributed by atoms with Gasteiger partial charge in [-0.05, 0) is 33.3 Å². The maximum atomic E-state index is 13.3. The second-order valence-corrected chi connectivity index (χ2v) is 9.96. The third kappa shape index (κ3) is 7.32. The van der Waals surface area contributed by atoms with E-state index in [0.29, 0.717) is 0 Å². The summed E-state index contributed by atoms with van der Waals surface area (Å²) in [5.41, 5.74) is -0.909. The Morgan fingerprint density at radius 3 is 1.68 bits per heavy atom. The summed E-state index contributed by atoms with van der Waals surface area (Å²) >= 11 is 0. The number of amides is 1. The first-order chi connectivity index (χ1) is 13.3. The Morgan fingerprint density at radius 2 is 1.29 bits per heavy atom. The average Bonchev–Trinajstić information content (AvgIpc) is 2.66. The molecule has 0 radical (unpaired) electrons. The topological polar surface area (TPSA) is 109 Å². The van der Waals surface area contributed by atoms with Crippen LogP contribution in [-0.4, -0.2) is 38.0 Å². The summed E-state index contributed by atoms with van der Waals surface area (Å²) in [6.07, 6.45) is -0.951. The van der Waals surface area contributed by atoms with Gasteiger partial charge in [0.05, 0.1) is 26.4 Å². The van der Waals surface area contributed by atoms with E-state index in [1.807, 2.05) is 6.07 Å². The smallest absolute Gasteiger partial charge is 0.408 e. The summed E-state index contributed by atoms with van der Waals surface area (Å²) < 4.78 is 52.8. The van der Waals surface area contributed by atoms with Gasteiger partial charge in [0.25, 0.3) is 0 Å². The maximum absolute atomic E-state index is 13.3. The Hall–Kier alpha value is -1.21. The lowest BCUT2D eigenvalue weighted by Crippen LogP contribution is -2.37. The number of carbonyl (C=O) groups is 1. The monoisotopic (exact) mass is 437 g/mol. The van der Waals surface area contributed by atoms with Crippen LogP contribution in [0.5, 0.6) is 0 Å². The van der Waals surface area contributed by atoms with Crippen LogP contribution in [-0.2, 0) is 38.6 Å². The maximum Gasteiger partial charge on any atom is 0.408 e. The molecule has 11 heteroatoms. The highest BCUT2D eigenvalue weighted by Crippen LogP contribution is 2.69. The predicted molar refractivity (Wildman–Crippen MR) is 105 cm³/mol. The van der Waals surface area contributed by atoms with E-state index in [0.717, 1.165) is 5.56 Å². The van der Waals surface area contributed by atoms with Gasteiger partial charge in [-0.3, -0.25) is 14.4 Å². The van der Waals surface area contributed by atoms with E-state index in [4.69, 9.17) is 22.8 Å². The lowest BCUT2D eigenvalue weighted by Gasteiger charge is -2.31. The first-order valence-electron chi connectivity index (χ1n) is 9.09. The van der Waals surface area contributed by atoms with Crippen molar-refractivity contribution in [3.63, 3.8) is 0 Å². The van der Waals surface area contributed by atoms with Crippen LogP contribution in [0.15, 0.2) is 30.3 Å². The van der Waals surface area contributed by atoms with Crippen molar-refractivity contribution in [2.24, 2.45) is 0 Å². The summed E-state index contributed by atoms with van der Waals surface area (Å²) in [5.74, 6) is 0. The average molecular weight is 437 g/mol. The predicted octanol–water partition coefficient (Wildman–Crippen LogP) is 4.73. The number of alkyl carbamates (subject to hydrolysis) is 1. The number of benzene rings is 1. The molecule has 0 heterocycles. The van der Waals surface area contributed by atoms with Crippen LogP contribution in [0.3, 0.4) is 0 Å². The fourth-order valence-electron chi connectivity index (χ4n) is 2.28. The molecule has 0 aromatic heterocycles. The molecule has 28 heavy (non-hydrogen) atoms. The number of carbonyl (C=O) groups excluding carboxylic acids is 1. The Labute approximate surface area is 166 Å². The van der Waals surface area contributed by atoms with Gasteiger partial charge in [-0.25, -0.2) is 4.79 Å². The molecule has 9 nitrogen and oxygen atoms in total. The second-order valence-electron chi connectivity index (χ2n) is 5.33. The van der Waals surface area contributed by atoms with E-state index >= 15 is 0 Å². The van der Waals surface area contributed by atoms with Crippen molar-refractivity contribution in [2.45, 2.75) is 39.8 Å². The number of ether oxygens (including phenoxy) is 1. The van der Waals surface area contributed by atoms with E-state index in [1.54, 1.807) is 52.0 Å². The summed E-state index contributed by atoms with van der Waals surface area (Å²) in [6, 6.07) is 9.00. The second kappa shape index (κ2) is 12.4. The molecule has 0 saturated carbocycles. The molecule has 1 rings (SSSR count). The van der Waals surface area contributed by atoms with Crippen LogP contribution >= 0.6 is 15.2 Å². The van der Waals surface area contributed by atoms with Gasteiger partial charge in [0, 0.05) is 0 Å². The van der Waals surface area contributed by atoms with Crippen molar-refractivity contribution in [3.8, 4) is 0 Å². The Balaban J connectivity index is 3.09. The van der Waals surface area contributed by atoms with E-state index < -0.39 is 26.8 Å². The summed E-state index contributed by atoms with van der Waals surface area (Å²) in [7, 11) is -8.17. The first-order valence-corrected chi connectivity index (χ1v) is 12.3. The van der Waals surface area contributed by atoms with Gasteiger partial charge < -0.3 is 22.8 Å². The van der Waals surface area contributed by atoms with Gasteiger partial charge >= 0.3 is 21.3 Å². The van der Waals surface area contributed by atoms with Crippen LogP contribution in [0.25, 0.3) is 0 Å². The molecule has 160 valence electrons. The van der Waals surface area contributed by atoms with Crippen LogP contribution in [0, 0.1) is 0 Å². The SMILES string of the molecule is CCOP(=O)(OCC)C(NC(=O)OCc1ccccc1)P(=O)(OCC)OCC. The van der Waals surface area contributed by atoms with Crippen molar-refractivity contribution in [1.29, 1.82) is 0 Å². The van der Waals surface area contributed by atoms with Crippen molar-refractivity contribution >= 4 is 21.3 Å². The molecule has 0 aliphatic rings. The molecule has 1 N–H and O–H groups in total. The summed E-state index contributed by atoms with van der Waals surface area (Å²) in [4.78, 5) is 12.3. The third-order valence-corrected chi connectivity index (χ3v) is 8.92. The molecule has 0 atom stereocenters. The highest BCUT2D eigenvalue weighted by Gasteiger charge is 2.52. The Bertz CT molecular complexity index is 635. The minimum atomic E-state index is -4.08. The lowest BCUT2D eigenvalue weighted by atomic mass is 10.2. The third-order valence-electron chi connectivity index (χ3n) is 3.29. The van der Waals surface area contributed by atoms with Gasteiger partial charge in [-0.15, -0.1) is 0 Å². The van der Waals surface area contributed by atoms with Gasteiger partial charge in [0.2, 0.25) is 5.52 Å². The number of hydrogen-bond acceptors (Lipinski definition) is 8. The number of hydrogen-bond donors (Lipinski definition) is 1. The molecule has 0 unspecified atom stereocenters. The van der Waals surface area contributed by atoms with Gasteiger partial charge in [0.15, 0.2) is 0 Å². The van der Waals surface area contributed by atoms with Gasteiger partial charge in [-0.1, -0.05) is 30.3 Å². The van der Waals surface area contributed by atoms with Crippen LogP contribution in [0.2, 0.25) is 0 Å². The molecule has 0 spiro atoms. The van der Waals surface area contributed by atoms with Crippen LogP contribution < -0.4 is 5.32 Å². The largest absolute Gasteiger partial charge is 0.445 e. The fourth-order valence-corrected chi connectivity index (χ4v) is 7.14. The van der Waals surface area contributed by atoms with Crippen molar-refractivity contribution in [2.75, 3.05) is 26.4 Å². The van der Waals surface area contributed by atoms with Crippen molar-refractivity contribution in [1.82, 2.24) is 5.32 Å². The van der Waals surface area contributed by atoms with Crippen molar-refractivity contribution in [3.05, 3.63) is 35.9 Å². The Morgan fingerprint density at radius 1 is 0.857 bits per heavy atom. The minimum absolute atomic E-state index is 0.00672. The van der Waals surface area contributed by atoms with E-state index in [-0.39, 0.29) is 33.0 Å². The molecule has 0 fully saturated rings. The molecule has 1 amide bonds. The van der Waals surface area contributed by atoms with E-state index in [2.05, 4.69) is 5.32 Å². The number of nitrogens with one attached hydrogen (secondary N) is 1. The highest BCUT2D eigenvalue weighted by atomic mass is 31.2. The molecular weight excluding hydrogens is 408 g/mol. The van der Waals surface area contributed by atoms with Crippen LogP contribution in [0.4, 0.5) is 4.79 Å². The van der Waals surface area contributed by atoms with Gasteiger partial charge in [0.1, 0.15) is 6.61 Å². The van der Waals surface area contributed by atoms with Gasteiger partial charge in [-0.2, -0.15) is 0 Å². The molecule has 0 aliphatic heterocycles. The fraction of sp³-hybridized carbons (Fsp3) is 0.588. The van der Waals surface area contributed by atoms with E-state index in [1.165, 1.54) is 0 Å². The quantitative estimate of drug-likeness (QED) is 0.441. The Kier molecular flexibility index (Phi) is 11.0. The van der Waals surface area contributed by atoms with E-state index in [9.17, 15) is 13.9 Å². The van der Waals surface area contributed by atoms with Crippen LogP contribution in [0.1, 0.15) is 33.3 Å². The normalized spacial score (nSPS) is 12.2. The zero-order valence-electron chi connectivity index (χ0n) is 16.7. The zero-order valence-corrected chi connectivity index (χ0v) is 18.4. The molecule has 0 bridgehead atoms. The zero-order chi connectivity index (χ0) is 21.0. The molecule has 1 aromatic carbocycles. The molecule has 0 saturated heterocycles. The minimum Gasteiger partial charge on any atom is -0.445 e. The highest BCUT2D eigenvalue weighted by molar-refractivity contribution is 7.72. The standard InChI is InChI=1S/C17H29NO8P2/c1-5-23-27(20,24-6-2)17(28(21,25-7-3)26-8-4)18-16(19)22-14-15-12-10-9-11-13-15/h9-13,17H,5-8,14H2,1-4H3,(H,18,19). The molecular formula is C17H29NO8P2. The molecule has 0 aliphatic carbocycles. The summed E-state index contributed by atoms with van der Waals surface area (Å²) in [6.45, 7) is 6.40. The molecule has 1 aromatic rings. The first kappa shape index (κ1) is 24.8. The number of rotatable bonds is 13.